The second-order valence-electron chi connectivity index (χ2n) is 7.00. The number of carbonyl (C=O) groups excluding carboxylic acids is 3. The van der Waals surface area contributed by atoms with Crippen LogP contribution in [0.1, 0.15) is 30.1 Å². The van der Waals surface area contributed by atoms with Crippen molar-refractivity contribution in [3.05, 3.63) is 59.9 Å². The summed E-state index contributed by atoms with van der Waals surface area (Å²) < 4.78 is 19.2. The Morgan fingerprint density at radius 2 is 1.79 bits per heavy atom. The first-order chi connectivity index (χ1) is 13.9. The van der Waals surface area contributed by atoms with Gasteiger partial charge in [-0.2, -0.15) is 0 Å². The highest BCUT2D eigenvalue weighted by Gasteiger charge is 2.27. The number of hydrogen-bond donors (Lipinski definition) is 1. The number of benzene rings is 2. The molecule has 2 aromatic carbocycles. The van der Waals surface area contributed by atoms with E-state index in [4.69, 9.17) is 4.74 Å². The van der Waals surface area contributed by atoms with E-state index < -0.39 is 5.82 Å². The van der Waals surface area contributed by atoms with E-state index >= 15 is 0 Å². The van der Waals surface area contributed by atoms with Gasteiger partial charge < -0.3 is 15.0 Å². The summed E-state index contributed by atoms with van der Waals surface area (Å²) in [6, 6.07) is 13.2. The number of likely N-dealkylation sites (tertiary alicyclic amines) is 1. The molecule has 7 heteroatoms. The van der Waals surface area contributed by atoms with E-state index in [1.54, 1.807) is 4.90 Å². The number of amides is 2. The van der Waals surface area contributed by atoms with E-state index in [2.05, 4.69) is 5.32 Å². The number of carbonyl (C=O) groups is 3. The lowest BCUT2D eigenvalue weighted by Gasteiger charge is -2.31. The molecule has 0 aromatic heterocycles. The van der Waals surface area contributed by atoms with Gasteiger partial charge in [0.2, 0.25) is 5.91 Å². The number of halogens is 1. The molecule has 1 aliphatic heterocycles. The molecular weight excluding hydrogens is 375 g/mol. The van der Waals surface area contributed by atoms with Crippen LogP contribution in [0.15, 0.2) is 48.5 Å². The van der Waals surface area contributed by atoms with E-state index in [1.165, 1.54) is 19.1 Å². The van der Waals surface area contributed by atoms with Crippen LogP contribution in [0.5, 0.6) is 5.75 Å². The van der Waals surface area contributed by atoms with Gasteiger partial charge in [0.1, 0.15) is 11.6 Å². The third-order valence-corrected chi connectivity index (χ3v) is 4.94. The molecule has 0 spiro atoms. The Kier molecular flexibility index (Phi) is 6.59. The molecule has 0 unspecified atom stereocenters. The minimum absolute atomic E-state index is 0.0143. The van der Waals surface area contributed by atoms with Crippen molar-refractivity contribution in [2.24, 2.45) is 5.92 Å². The largest absolute Gasteiger partial charge is 0.484 e. The lowest BCUT2D eigenvalue weighted by Crippen LogP contribution is -2.43. The van der Waals surface area contributed by atoms with Crippen molar-refractivity contribution in [3.8, 4) is 5.75 Å². The predicted octanol–water partition coefficient (Wildman–Crippen LogP) is 3.28. The molecule has 0 bridgehead atoms. The number of anilines is 1. The van der Waals surface area contributed by atoms with E-state index in [0.29, 0.717) is 25.9 Å². The zero-order valence-electron chi connectivity index (χ0n) is 16.2. The lowest BCUT2D eigenvalue weighted by atomic mass is 9.95. The second-order valence-corrected chi connectivity index (χ2v) is 7.00. The van der Waals surface area contributed by atoms with Gasteiger partial charge in [0.15, 0.2) is 12.4 Å². The van der Waals surface area contributed by atoms with Crippen molar-refractivity contribution in [2.45, 2.75) is 19.8 Å². The summed E-state index contributed by atoms with van der Waals surface area (Å²) in [7, 11) is 0. The molecule has 1 aliphatic rings. The number of nitrogens with one attached hydrogen (secondary N) is 1. The SMILES string of the molecule is CC(=O)c1ccc(OCC(=O)N2CCC(C(=O)Nc3ccccc3)CC2)cc1F. The summed E-state index contributed by atoms with van der Waals surface area (Å²) in [5.41, 5.74) is 0.743. The third kappa shape index (κ3) is 5.40. The van der Waals surface area contributed by atoms with Gasteiger partial charge in [0, 0.05) is 30.8 Å². The van der Waals surface area contributed by atoms with Crippen LogP contribution in [-0.4, -0.2) is 42.2 Å². The van der Waals surface area contributed by atoms with Crippen LogP contribution in [0.4, 0.5) is 10.1 Å². The normalized spacial score (nSPS) is 14.3. The van der Waals surface area contributed by atoms with Crippen molar-refractivity contribution in [3.63, 3.8) is 0 Å². The highest BCUT2D eigenvalue weighted by atomic mass is 19.1. The summed E-state index contributed by atoms with van der Waals surface area (Å²) in [6.45, 7) is 1.99. The number of piperidine rings is 1. The van der Waals surface area contributed by atoms with Crippen molar-refractivity contribution < 1.29 is 23.5 Å². The van der Waals surface area contributed by atoms with Crippen LogP contribution < -0.4 is 10.1 Å². The molecule has 3 rings (SSSR count). The number of hydrogen-bond acceptors (Lipinski definition) is 4. The van der Waals surface area contributed by atoms with Crippen molar-refractivity contribution in [1.29, 1.82) is 0 Å². The van der Waals surface area contributed by atoms with Gasteiger partial charge >= 0.3 is 0 Å². The zero-order valence-corrected chi connectivity index (χ0v) is 16.2. The van der Waals surface area contributed by atoms with Crippen molar-refractivity contribution >= 4 is 23.3 Å². The molecule has 0 aliphatic carbocycles. The predicted molar refractivity (Wildman–Crippen MR) is 106 cm³/mol. The molecule has 29 heavy (non-hydrogen) atoms. The standard InChI is InChI=1S/C22H23FN2O4/c1-15(26)19-8-7-18(13-20(19)23)29-14-21(27)25-11-9-16(10-12-25)22(28)24-17-5-3-2-4-6-17/h2-8,13,16H,9-12,14H2,1H3,(H,24,28). The molecule has 1 N–H and O–H groups in total. The first kappa shape index (κ1) is 20.5. The summed E-state index contributed by atoms with van der Waals surface area (Å²) >= 11 is 0. The molecule has 1 fully saturated rings. The molecule has 0 radical (unpaired) electrons. The molecule has 0 saturated carbocycles. The zero-order chi connectivity index (χ0) is 20.8. The highest BCUT2D eigenvalue weighted by Crippen LogP contribution is 2.21. The van der Waals surface area contributed by atoms with Crippen molar-refractivity contribution in [2.75, 3.05) is 25.0 Å². The summed E-state index contributed by atoms with van der Waals surface area (Å²) in [6.07, 6.45) is 1.15. The van der Waals surface area contributed by atoms with Crippen LogP contribution in [0, 0.1) is 11.7 Å². The number of nitrogens with zero attached hydrogens (tertiary/aromatic N) is 1. The van der Waals surface area contributed by atoms with Crippen LogP contribution in [0.3, 0.4) is 0 Å². The Labute approximate surface area is 168 Å². The molecule has 152 valence electrons. The van der Waals surface area contributed by atoms with Crippen LogP contribution in [-0.2, 0) is 9.59 Å². The molecule has 2 amide bonds. The fourth-order valence-corrected chi connectivity index (χ4v) is 3.26. The minimum Gasteiger partial charge on any atom is -0.484 e. The maximum Gasteiger partial charge on any atom is 0.260 e. The van der Waals surface area contributed by atoms with E-state index in [0.717, 1.165) is 11.8 Å². The Hall–Kier alpha value is -3.22. The number of para-hydroxylation sites is 1. The number of ketones is 1. The molecule has 1 saturated heterocycles. The summed E-state index contributed by atoms with van der Waals surface area (Å²) in [4.78, 5) is 37.6. The van der Waals surface area contributed by atoms with Gasteiger partial charge in [-0.3, -0.25) is 14.4 Å². The van der Waals surface area contributed by atoms with Crippen LogP contribution in [0.2, 0.25) is 0 Å². The maximum atomic E-state index is 13.8. The van der Waals surface area contributed by atoms with Gasteiger partial charge in [-0.1, -0.05) is 18.2 Å². The maximum absolute atomic E-state index is 13.8. The number of Topliss-reactive ketones (excluding diaryl/α,β-unsaturated/α-hetero) is 1. The van der Waals surface area contributed by atoms with E-state index in [9.17, 15) is 18.8 Å². The summed E-state index contributed by atoms with van der Waals surface area (Å²) in [5.74, 6) is -1.26. The number of ether oxygens (including phenoxy) is 1. The smallest absolute Gasteiger partial charge is 0.260 e. The molecule has 2 aromatic rings. The van der Waals surface area contributed by atoms with Crippen LogP contribution in [0.25, 0.3) is 0 Å². The average molecular weight is 398 g/mol. The van der Waals surface area contributed by atoms with Gasteiger partial charge in [-0.15, -0.1) is 0 Å². The average Bonchev–Trinajstić information content (AvgIpc) is 2.72. The van der Waals surface area contributed by atoms with Gasteiger partial charge in [0.05, 0.1) is 5.56 Å². The highest BCUT2D eigenvalue weighted by molar-refractivity contribution is 5.94. The quantitative estimate of drug-likeness (QED) is 0.758. The van der Waals surface area contributed by atoms with Crippen molar-refractivity contribution in [1.82, 2.24) is 4.90 Å². The third-order valence-electron chi connectivity index (χ3n) is 4.94. The van der Waals surface area contributed by atoms with Gasteiger partial charge in [-0.05, 0) is 44.0 Å². The second kappa shape index (κ2) is 9.32. The molecule has 0 atom stereocenters. The first-order valence-electron chi connectivity index (χ1n) is 9.51. The first-order valence-corrected chi connectivity index (χ1v) is 9.51. The monoisotopic (exact) mass is 398 g/mol. The fourth-order valence-electron chi connectivity index (χ4n) is 3.26. The minimum atomic E-state index is -0.673. The van der Waals surface area contributed by atoms with Crippen LogP contribution >= 0.6 is 0 Å². The van der Waals surface area contributed by atoms with E-state index in [-0.39, 0.29) is 41.4 Å². The topological polar surface area (TPSA) is 75.7 Å². The Bertz CT molecular complexity index is 893. The van der Waals surface area contributed by atoms with Gasteiger partial charge in [0.25, 0.3) is 5.91 Å². The molecule has 6 nitrogen and oxygen atoms in total. The molecular formula is C22H23FN2O4. The lowest BCUT2D eigenvalue weighted by molar-refractivity contribution is -0.136. The van der Waals surface area contributed by atoms with E-state index in [1.807, 2.05) is 30.3 Å². The Morgan fingerprint density at radius 3 is 2.41 bits per heavy atom. The summed E-state index contributed by atoms with van der Waals surface area (Å²) in [5, 5.41) is 2.89. The Morgan fingerprint density at radius 1 is 1.10 bits per heavy atom. The Balaban J connectivity index is 1.46. The van der Waals surface area contributed by atoms with Gasteiger partial charge in [-0.25, -0.2) is 4.39 Å². The fraction of sp³-hybridized carbons (Fsp3) is 0.318. The molecule has 1 heterocycles. The number of rotatable bonds is 6.